The lowest BCUT2D eigenvalue weighted by atomic mass is 10.2. The molecular weight excluding hydrogens is 234 g/mol. The summed E-state index contributed by atoms with van der Waals surface area (Å²) in [6, 6.07) is 2.04. The van der Waals surface area contributed by atoms with Crippen LogP contribution in [0, 0.1) is 6.92 Å². The Morgan fingerprint density at radius 3 is 2.53 bits per heavy atom. The van der Waals surface area contributed by atoms with Crippen molar-refractivity contribution in [2.24, 2.45) is 0 Å². The van der Waals surface area contributed by atoms with E-state index in [4.69, 9.17) is 0 Å². The van der Waals surface area contributed by atoms with Crippen LogP contribution in [0.4, 0.5) is 11.9 Å². The third-order valence-corrected chi connectivity index (χ3v) is 3.19. The molecule has 2 aromatic heterocycles. The minimum Gasteiger partial charge on any atom is -0.357 e. The van der Waals surface area contributed by atoms with Gasteiger partial charge in [0, 0.05) is 31.6 Å². The molecule has 0 saturated heterocycles. The molecule has 17 heavy (non-hydrogen) atoms. The van der Waals surface area contributed by atoms with Crippen molar-refractivity contribution < 1.29 is 0 Å². The second-order valence-corrected chi connectivity index (χ2v) is 4.94. The summed E-state index contributed by atoms with van der Waals surface area (Å²) in [5.41, 5.74) is 1.07. The normalized spacial score (nSPS) is 10.4. The molecule has 0 radical (unpaired) electrons. The van der Waals surface area contributed by atoms with Crippen molar-refractivity contribution in [3.05, 3.63) is 16.3 Å². The van der Waals surface area contributed by atoms with Gasteiger partial charge in [-0.15, -0.1) is 11.3 Å². The van der Waals surface area contributed by atoms with E-state index in [1.54, 1.807) is 18.4 Å². The van der Waals surface area contributed by atoms with E-state index in [1.807, 2.05) is 30.4 Å². The van der Waals surface area contributed by atoms with E-state index in [2.05, 4.69) is 27.2 Å². The van der Waals surface area contributed by atoms with Crippen LogP contribution in [0.1, 0.15) is 4.88 Å². The van der Waals surface area contributed by atoms with Crippen molar-refractivity contribution >= 4 is 23.2 Å². The van der Waals surface area contributed by atoms with E-state index in [9.17, 15) is 0 Å². The maximum atomic E-state index is 4.45. The van der Waals surface area contributed by atoms with E-state index in [1.165, 1.54) is 4.88 Å². The minimum absolute atomic E-state index is 0.587. The summed E-state index contributed by atoms with van der Waals surface area (Å²) in [5, 5.41) is 5.00. The zero-order valence-corrected chi connectivity index (χ0v) is 11.2. The monoisotopic (exact) mass is 249 g/mol. The largest absolute Gasteiger partial charge is 0.357 e. The van der Waals surface area contributed by atoms with Gasteiger partial charge in [-0.2, -0.15) is 15.0 Å². The highest BCUT2D eigenvalue weighted by atomic mass is 32.1. The molecule has 6 heteroatoms. The molecule has 0 amide bonds. The first-order valence-corrected chi connectivity index (χ1v) is 6.15. The van der Waals surface area contributed by atoms with Crippen LogP contribution in [-0.2, 0) is 0 Å². The second kappa shape index (κ2) is 4.67. The van der Waals surface area contributed by atoms with Gasteiger partial charge in [-0.25, -0.2) is 0 Å². The average molecular weight is 249 g/mol. The zero-order chi connectivity index (χ0) is 12.4. The van der Waals surface area contributed by atoms with Gasteiger partial charge in [0.15, 0.2) is 5.82 Å². The van der Waals surface area contributed by atoms with Gasteiger partial charge < -0.3 is 10.2 Å². The molecule has 0 aliphatic carbocycles. The van der Waals surface area contributed by atoms with Crippen LogP contribution in [0.15, 0.2) is 11.4 Å². The minimum atomic E-state index is 0.587. The Morgan fingerprint density at radius 1 is 1.24 bits per heavy atom. The Kier molecular flexibility index (Phi) is 3.23. The molecule has 5 nitrogen and oxygen atoms in total. The van der Waals surface area contributed by atoms with Gasteiger partial charge in [-0.05, 0) is 18.4 Å². The second-order valence-electron chi connectivity index (χ2n) is 3.82. The summed E-state index contributed by atoms with van der Waals surface area (Å²) in [6.45, 7) is 2.07. The van der Waals surface area contributed by atoms with E-state index >= 15 is 0 Å². The highest BCUT2D eigenvalue weighted by Crippen LogP contribution is 2.26. The predicted molar refractivity (Wildman–Crippen MR) is 71.8 cm³/mol. The molecule has 2 heterocycles. The van der Waals surface area contributed by atoms with Crippen molar-refractivity contribution in [1.29, 1.82) is 0 Å². The number of nitrogens with zero attached hydrogens (tertiary/aromatic N) is 4. The predicted octanol–water partition coefficient (Wildman–Crippen LogP) is 2.02. The third kappa shape index (κ3) is 2.36. The average Bonchev–Trinajstić information content (AvgIpc) is 2.74. The molecule has 0 atom stereocenters. The maximum Gasteiger partial charge on any atom is 0.230 e. The van der Waals surface area contributed by atoms with Gasteiger partial charge in [0.1, 0.15) is 0 Å². The van der Waals surface area contributed by atoms with Crippen LogP contribution < -0.4 is 10.2 Å². The fourth-order valence-corrected chi connectivity index (χ4v) is 2.11. The van der Waals surface area contributed by atoms with E-state index in [0.717, 1.165) is 5.56 Å². The van der Waals surface area contributed by atoms with Crippen LogP contribution in [0.3, 0.4) is 0 Å². The molecule has 0 bridgehead atoms. The maximum absolute atomic E-state index is 4.45. The Bertz CT molecular complexity index is 520. The quantitative estimate of drug-likeness (QED) is 0.902. The first kappa shape index (κ1) is 11.8. The van der Waals surface area contributed by atoms with Gasteiger partial charge in [-0.1, -0.05) is 0 Å². The van der Waals surface area contributed by atoms with E-state index in [0.29, 0.717) is 17.7 Å². The number of hydrogen-bond donors (Lipinski definition) is 1. The Morgan fingerprint density at radius 2 is 2.00 bits per heavy atom. The van der Waals surface area contributed by atoms with Gasteiger partial charge in [0.25, 0.3) is 0 Å². The zero-order valence-electron chi connectivity index (χ0n) is 10.4. The van der Waals surface area contributed by atoms with Crippen molar-refractivity contribution in [3.8, 4) is 11.4 Å². The molecule has 2 aromatic rings. The lowest BCUT2D eigenvalue weighted by molar-refractivity contribution is 0.963. The van der Waals surface area contributed by atoms with Gasteiger partial charge >= 0.3 is 0 Å². The van der Waals surface area contributed by atoms with Crippen LogP contribution in [0.2, 0.25) is 0 Å². The van der Waals surface area contributed by atoms with Crippen LogP contribution in [0.5, 0.6) is 0 Å². The summed E-state index contributed by atoms with van der Waals surface area (Å²) in [4.78, 5) is 16.2. The van der Waals surface area contributed by atoms with Crippen molar-refractivity contribution in [1.82, 2.24) is 15.0 Å². The van der Waals surface area contributed by atoms with Gasteiger partial charge in [-0.3, -0.25) is 0 Å². The van der Waals surface area contributed by atoms with Gasteiger partial charge in [0.05, 0.1) is 0 Å². The Labute approximate surface area is 105 Å². The number of hydrogen-bond acceptors (Lipinski definition) is 6. The fourth-order valence-electron chi connectivity index (χ4n) is 1.41. The highest BCUT2D eigenvalue weighted by Gasteiger charge is 2.11. The number of rotatable bonds is 3. The lowest BCUT2D eigenvalue weighted by Crippen LogP contribution is -2.15. The van der Waals surface area contributed by atoms with E-state index in [-0.39, 0.29) is 0 Å². The summed E-state index contributed by atoms with van der Waals surface area (Å²) in [6.07, 6.45) is 0. The van der Waals surface area contributed by atoms with Crippen LogP contribution in [-0.4, -0.2) is 36.1 Å². The number of aryl methyl sites for hydroxylation is 1. The van der Waals surface area contributed by atoms with Crippen molar-refractivity contribution in [2.75, 3.05) is 31.4 Å². The lowest BCUT2D eigenvalue weighted by Gasteiger charge is -2.12. The first-order chi connectivity index (χ1) is 8.11. The van der Waals surface area contributed by atoms with Crippen molar-refractivity contribution in [3.63, 3.8) is 0 Å². The summed E-state index contributed by atoms with van der Waals surface area (Å²) < 4.78 is 0. The molecular formula is C11H15N5S. The molecule has 0 fully saturated rings. The number of anilines is 2. The highest BCUT2D eigenvalue weighted by molar-refractivity contribution is 7.10. The SMILES string of the molecule is CNc1nc(-c2ccsc2C)nc(N(C)C)n1. The van der Waals surface area contributed by atoms with Crippen molar-refractivity contribution in [2.45, 2.75) is 6.92 Å². The smallest absolute Gasteiger partial charge is 0.230 e. The van der Waals surface area contributed by atoms with Crippen LogP contribution >= 0.6 is 11.3 Å². The summed E-state index contributed by atoms with van der Waals surface area (Å²) in [5.74, 6) is 1.96. The molecule has 0 unspecified atom stereocenters. The standard InChI is InChI=1S/C11H15N5S/c1-7-8(5-6-17-7)9-13-10(12-2)15-11(14-9)16(3)4/h5-6H,1-4H3,(H,12,13,14,15). The third-order valence-electron chi connectivity index (χ3n) is 2.35. The topological polar surface area (TPSA) is 53.9 Å². The fraction of sp³-hybridized carbons (Fsp3) is 0.364. The summed E-state index contributed by atoms with van der Waals surface area (Å²) in [7, 11) is 5.64. The molecule has 0 aromatic carbocycles. The van der Waals surface area contributed by atoms with Crippen LogP contribution in [0.25, 0.3) is 11.4 Å². The molecule has 90 valence electrons. The number of thiophene rings is 1. The first-order valence-electron chi connectivity index (χ1n) is 5.27. The molecule has 2 rings (SSSR count). The molecule has 0 aliphatic heterocycles. The molecule has 0 aliphatic rings. The molecule has 0 spiro atoms. The summed E-state index contributed by atoms with van der Waals surface area (Å²) >= 11 is 1.69. The number of aromatic nitrogens is 3. The Hall–Kier alpha value is -1.69. The molecule has 0 saturated carbocycles. The van der Waals surface area contributed by atoms with E-state index < -0.39 is 0 Å². The molecule has 1 N–H and O–H groups in total. The van der Waals surface area contributed by atoms with Gasteiger partial charge in [0.2, 0.25) is 11.9 Å². The Balaban J connectivity index is 2.54. The number of nitrogens with one attached hydrogen (secondary N) is 1.